The lowest BCUT2D eigenvalue weighted by molar-refractivity contribution is -0.141. The Balaban J connectivity index is 1.10. The summed E-state index contributed by atoms with van der Waals surface area (Å²) in [5, 5.41) is 57.6. The minimum absolute atomic E-state index is 0.0414. The van der Waals surface area contributed by atoms with Gasteiger partial charge in [-0.15, -0.1) is 10.2 Å². The predicted molar refractivity (Wildman–Crippen MR) is 281 cm³/mol. The normalized spacial score (nSPS) is 12.5. The Morgan fingerprint density at radius 2 is 0.750 bits per heavy atom. The Kier molecular flexibility index (Phi) is 17.6. The monoisotopic (exact) mass is 1170 g/mol. The number of carbonyl (C=O) groups is 2. The molecule has 1 aromatic heterocycles. The Hall–Kier alpha value is -9.33. The molecular formula is C45H39N15O16S4. The van der Waals surface area contributed by atoms with E-state index in [9.17, 15) is 71.7 Å². The quantitative estimate of drug-likeness (QED) is 0.0173. The molecule has 0 aliphatic heterocycles. The van der Waals surface area contributed by atoms with E-state index in [0.29, 0.717) is 22.5 Å². The molecule has 35 heteroatoms. The van der Waals surface area contributed by atoms with Crippen LogP contribution in [0.1, 0.15) is 11.1 Å². The number of benzene rings is 6. The summed E-state index contributed by atoms with van der Waals surface area (Å²) in [6, 6.07) is 25.4. The maximum Gasteiger partial charge on any atom is 0.319 e. The highest BCUT2D eigenvalue weighted by Gasteiger charge is 2.21. The van der Waals surface area contributed by atoms with Crippen LogP contribution in [0.2, 0.25) is 0 Å². The van der Waals surface area contributed by atoms with Gasteiger partial charge in [-0.3, -0.25) is 33.2 Å². The van der Waals surface area contributed by atoms with E-state index in [0.717, 1.165) is 41.4 Å². The van der Waals surface area contributed by atoms with E-state index in [-0.39, 0.29) is 73.1 Å². The van der Waals surface area contributed by atoms with Gasteiger partial charge in [-0.1, -0.05) is 0 Å². The fraction of sp³-hybridized carbons (Fsp3) is 0.0889. The number of nitrogens with zero attached hydrogens (tertiary/aromatic N) is 12. The molecule has 414 valence electrons. The van der Waals surface area contributed by atoms with Crippen LogP contribution in [-0.2, 0) is 50.1 Å². The SMILES string of the molecule is Cc1cc(Nc2nc(Nc3ccc(N=Nc4ccc(N=Nc5ccc(S(=O)(=O)O)cc5)cc4S(=O)(=O)O)c(C)c3)nc(NN(CC(=O)O)CC(=O)O)n2)ccc1N=Nc1ccc(N=Nc2ccc(S(=O)(=O)O)cc2)cc1S(=O)(=O)O. The second-order valence-corrected chi connectivity index (χ2v) is 21.9. The molecule has 31 nitrogen and oxygen atoms in total. The number of carboxylic acid groups (broad SMARTS) is 2. The zero-order chi connectivity index (χ0) is 58.2. The average molecular weight is 1170 g/mol. The topological polar surface area (TPSA) is 469 Å². The summed E-state index contributed by atoms with van der Waals surface area (Å²) in [5.41, 5.74) is 4.28. The molecule has 0 radical (unpaired) electrons. The summed E-state index contributed by atoms with van der Waals surface area (Å²) in [5.74, 6) is -3.40. The number of carboxylic acids is 2. The number of aromatic nitrogens is 3. The van der Waals surface area contributed by atoms with Crippen LogP contribution in [-0.4, -0.2) is 107 Å². The van der Waals surface area contributed by atoms with Crippen molar-refractivity contribution in [3.63, 3.8) is 0 Å². The first-order valence-corrected chi connectivity index (χ1v) is 27.8. The fourth-order valence-corrected chi connectivity index (χ4v) is 8.86. The maximum atomic E-state index is 12.4. The summed E-state index contributed by atoms with van der Waals surface area (Å²) in [6.45, 7) is 1.66. The number of aryl methyl sites for hydroxylation is 2. The molecule has 0 bridgehead atoms. The van der Waals surface area contributed by atoms with Crippen LogP contribution in [0.25, 0.3) is 0 Å². The summed E-state index contributed by atoms with van der Waals surface area (Å²) in [7, 11) is -18.7. The first-order chi connectivity index (χ1) is 37.5. The highest BCUT2D eigenvalue weighted by molar-refractivity contribution is 7.86. The zero-order valence-electron chi connectivity index (χ0n) is 40.7. The van der Waals surface area contributed by atoms with Crippen molar-refractivity contribution in [2.24, 2.45) is 40.9 Å². The van der Waals surface area contributed by atoms with E-state index >= 15 is 0 Å². The molecule has 7 aromatic rings. The standard InChI is InChI=1S/C45H39N15O16S4/c1-25-19-29(7-15-35(25)55-57-37-17-9-31(21-39(37)79(71,72)73)53-51-27-3-11-33(12-4-27)77(65,66)67)46-43-48-44(50-45(49-43)59-60(23-41(61)62)24-42(63)64)47-30-8-16-36(26(2)20-30)56-58-38-18-10-32(22-40(38)80(74,75)76)54-52-28-5-13-34(14-6-28)78(68,69)70/h3-22H,23-24H2,1-2H3,(H,61,62)(H,63,64)(H,65,66,67)(H,68,69,70)(H,71,72,73)(H,74,75,76)(H3,46,47,48,49,50,59). The maximum absolute atomic E-state index is 12.4. The van der Waals surface area contributed by atoms with Gasteiger partial charge in [0.15, 0.2) is 0 Å². The number of hydrogen-bond donors (Lipinski definition) is 9. The number of anilines is 5. The molecule has 0 saturated carbocycles. The molecule has 80 heavy (non-hydrogen) atoms. The Morgan fingerprint density at radius 3 is 1.09 bits per heavy atom. The summed E-state index contributed by atoms with van der Waals surface area (Å²) < 4.78 is 133. The van der Waals surface area contributed by atoms with E-state index in [1.54, 1.807) is 26.0 Å². The second-order valence-electron chi connectivity index (χ2n) is 16.3. The molecule has 7 rings (SSSR count). The molecule has 6 aromatic carbocycles. The van der Waals surface area contributed by atoms with Gasteiger partial charge in [-0.2, -0.15) is 84.3 Å². The van der Waals surface area contributed by atoms with Crippen molar-refractivity contribution in [3.05, 3.63) is 132 Å². The van der Waals surface area contributed by atoms with Crippen molar-refractivity contribution in [1.29, 1.82) is 0 Å². The van der Waals surface area contributed by atoms with Crippen molar-refractivity contribution in [2.45, 2.75) is 33.4 Å². The zero-order valence-corrected chi connectivity index (χ0v) is 44.0. The highest BCUT2D eigenvalue weighted by Crippen LogP contribution is 2.35. The van der Waals surface area contributed by atoms with Gasteiger partial charge in [-0.25, -0.2) is 0 Å². The lowest BCUT2D eigenvalue weighted by atomic mass is 10.2. The minimum atomic E-state index is -4.90. The van der Waals surface area contributed by atoms with Crippen molar-refractivity contribution in [2.75, 3.05) is 29.1 Å². The van der Waals surface area contributed by atoms with Gasteiger partial charge in [0.05, 0.1) is 43.9 Å². The molecule has 0 unspecified atom stereocenters. The highest BCUT2D eigenvalue weighted by atomic mass is 32.2. The third-order valence-corrected chi connectivity index (χ3v) is 13.8. The molecule has 0 fully saturated rings. The van der Waals surface area contributed by atoms with Gasteiger partial charge in [-0.05, 0) is 146 Å². The molecule has 0 aliphatic carbocycles. The lowest BCUT2D eigenvalue weighted by Crippen LogP contribution is -2.39. The van der Waals surface area contributed by atoms with Crippen molar-refractivity contribution < 1.29 is 71.7 Å². The second kappa shape index (κ2) is 24.1. The lowest BCUT2D eigenvalue weighted by Gasteiger charge is -2.20. The van der Waals surface area contributed by atoms with E-state index < -0.39 is 75.3 Å². The van der Waals surface area contributed by atoms with Crippen LogP contribution >= 0.6 is 0 Å². The molecule has 0 aliphatic rings. The van der Waals surface area contributed by atoms with E-state index in [4.69, 9.17) is 0 Å². The van der Waals surface area contributed by atoms with Gasteiger partial charge < -0.3 is 20.8 Å². The molecule has 0 spiro atoms. The van der Waals surface area contributed by atoms with E-state index in [1.807, 2.05) is 0 Å². The number of azo groups is 4. The molecular weight excluding hydrogens is 1130 g/mol. The van der Waals surface area contributed by atoms with E-state index in [1.165, 1.54) is 72.8 Å². The number of rotatable bonds is 22. The largest absolute Gasteiger partial charge is 0.480 e. The molecule has 9 N–H and O–H groups in total. The Labute approximate surface area is 452 Å². The summed E-state index contributed by atoms with van der Waals surface area (Å²) in [6.07, 6.45) is 0. The van der Waals surface area contributed by atoms with Crippen molar-refractivity contribution in [1.82, 2.24) is 20.0 Å². The van der Waals surface area contributed by atoms with Gasteiger partial charge in [0.25, 0.3) is 40.5 Å². The first-order valence-electron chi connectivity index (χ1n) is 22.1. The fourth-order valence-electron chi connectivity index (χ4n) is 6.61. The van der Waals surface area contributed by atoms with Crippen LogP contribution in [0.4, 0.5) is 74.7 Å². The van der Waals surface area contributed by atoms with Gasteiger partial charge in [0.2, 0.25) is 17.8 Å². The van der Waals surface area contributed by atoms with Crippen molar-refractivity contribution >= 4 is 127 Å². The Morgan fingerprint density at radius 1 is 0.425 bits per heavy atom. The van der Waals surface area contributed by atoms with Crippen LogP contribution in [0.15, 0.2) is 182 Å². The van der Waals surface area contributed by atoms with Gasteiger partial charge >= 0.3 is 11.9 Å². The van der Waals surface area contributed by atoms with Crippen molar-refractivity contribution in [3.8, 4) is 0 Å². The van der Waals surface area contributed by atoms with Gasteiger partial charge in [0, 0.05) is 11.4 Å². The van der Waals surface area contributed by atoms with Crippen LogP contribution in [0.3, 0.4) is 0 Å². The third-order valence-electron chi connectivity index (χ3n) is 10.3. The summed E-state index contributed by atoms with van der Waals surface area (Å²) in [4.78, 5) is 34.1. The number of hydrogen-bond acceptors (Lipinski definition) is 25. The number of aliphatic carboxylic acids is 2. The Bertz CT molecular complexity index is 3890. The number of hydrazine groups is 1. The molecule has 0 saturated heterocycles. The van der Waals surface area contributed by atoms with Crippen LogP contribution in [0.5, 0.6) is 0 Å². The van der Waals surface area contributed by atoms with Crippen LogP contribution < -0.4 is 16.1 Å². The first kappa shape index (κ1) is 58.4. The molecule has 0 atom stereocenters. The van der Waals surface area contributed by atoms with E-state index in [2.05, 4.69) is 71.9 Å². The smallest absolute Gasteiger partial charge is 0.319 e. The summed E-state index contributed by atoms with van der Waals surface area (Å²) >= 11 is 0. The minimum Gasteiger partial charge on any atom is -0.480 e. The number of nitrogens with one attached hydrogen (secondary N) is 3. The van der Waals surface area contributed by atoms with Crippen LogP contribution in [0, 0.1) is 13.8 Å². The van der Waals surface area contributed by atoms with Gasteiger partial charge in [0.1, 0.15) is 34.3 Å². The average Bonchev–Trinajstić information content (AvgIpc) is 3.41. The predicted octanol–water partition coefficient (Wildman–Crippen LogP) is 9.42. The third kappa shape index (κ3) is 16.4. The molecule has 0 amide bonds. The molecule has 1 heterocycles.